The van der Waals surface area contributed by atoms with Crippen LogP contribution in [0.1, 0.15) is 30.8 Å². The van der Waals surface area contributed by atoms with Crippen LogP contribution in [0.3, 0.4) is 0 Å². The first-order valence-corrected chi connectivity index (χ1v) is 9.47. The molecular formula is C21H27IN6O. The zero-order valence-electron chi connectivity index (χ0n) is 16.4. The average Bonchev–Trinajstić information content (AvgIpc) is 3.22. The van der Waals surface area contributed by atoms with Crippen LogP contribution in [0.2, 0.25) is 0 Å². The molecule has 29 heavy (non-hydrogen) atoms. The third-order valence-corrected chi connectivity index (χ3v) is 4.27. The Hall–Kier alpha value is -2.46. The van der Waals surface area contributed by atoms with Crippen molar-refractivity contribution in [1.82, 2.24) is 25.4 Å². The van der Waals surface area contributed by atoms with Crippen LogP contribution >= 0.6 is 24.0 Å². The van der Waals surface area contributed by atoms with Crippen LogP contribution in [0.25, 0.3) is 5.69 Å². The van der Waals surface area contributed by atoms with Crippen LogP contribution in [0.4, 0.5) is 0 Å². The topological polar surface area (TPSA) is 87.4 Å². The molecular weight excluding hydrogens is 479 g/mol. The van der Waals surface area contributed by atoms with Crippen LogP contribution in [0.5, 0.6) is 0 Å². The van der Waals surface area contributed by atoms with E-state index in [1.165, 1.54) is 0 Å². The number of aliphatic hydroxyl groups excluding tert-OH is 1. The molecule has 0 amide bonds. The number of para-hydroxylation sites is 1. The SMILES string of the molecule is CCNC(=NCc1nncn1-c1ccccc1)NCCC(O)c1ccccc1.I. The highest BCUT2D eigenvalue weighted by Gasteiger charge is 2.08. The summed E-state index contributed by atoms with van der Waals surface area (Å²) in [5, 5.41) is 25.0. The second-order valence-corrected chi connectivity index (χ2v) is 6.29. The Kier molecular flexibility index (Phi) is 9.58. The molecule has 0 aliphatic carbocycles. The highest BCUT2D eigenvalue weighted by molar-refractivity contribution is 14.0. The average molecular weight is 506 g/mol. The number of rotatable bonds is 8. The second-order valence-electron chi connectivity index (χ2n) is 6.29. The maximum absolute atomic E-state index is 10.3. The highest BCUT2D eigenvalue weighted by Crippen LogP contribution is 2.15. The summed E-state index contributed by atoms with van der Waals surface area (Å²) < 4.78 is 1.92. The molecule has 0 spiro atoms. The van der Waals surface area contributed by atoms with Crippen molar-refractivity contribution < 1.29 is 5.11 Å². The van der Waals surface area contributed by atoms with Crippen molar-refractivity contribution in [3.8, 4) is 5.69 Å². The van der Waals surface area contributed by atoms with Gasteiger partial charge in [0.05, 0.1) is 6.10 Å². The first-order valence-electron chi connectivity index (χ1n) is 9.47. The first-order chi connectivity index (χ1) is 13.8. The summed E-state index contributed by atoms with van der Waals surface area (Å²) >= 11 is 0. The maximum atomic E-state index is 10.3. The first kappa shape index (κ1) is 22.8. The van der Waals surface area contributed by atoms with E-state index in [0.29, 0.717) is 25.5 Å². The number of hydrogen-bond donors (Lipinski definition) is 3. The van der Waals surface area contributed by atoms with Crippen LogP contribution in [0, 0.1) is 0 Å². The van der Waals surface area contributed by atoms with Gasteiger partial charge in [0.25, 0.3) is 0 Å². The monoisotopic (exact) mass is 506 g/mol. The van der Waals surface area contributed by atoms with E-state index < -0.39 is 6.10 Å². The van der Waals surface area contributed by atoms with Crippen LogP contribution in [0.15, 0.2) is 72.0 Å². The molecule has 3 aromatic rings. The van der Waals surface area contributed by atoms with Gasteiger partial charge in [0.15, 0.2) is 11.8 Å². The predicted octanol–water partition coefficient (Wildman–Crippen LogP) is 3.06. The zero-order chi connectivity index (χ0) is 19.6. The van der Waals surface area contributed by atoms with Gasteiger partial charge in [0.2, 0.25) is 0 Å². The minimum atomic E-state index is -0.502. The fourth-order valence-corrected chi connectivity index (χ4v) is 2.83. The smallest absolute Gasteiger partial charge is 0.191 e. The summed E-state index contributed by atoms with van der Waals surface area (Å²) in [4.78, 5) is 4.60. The van der Waals surface area contributed by atoms with Gasteiger partial charge in [0.1, 0.15) is 12.9 Å². The third-order valence-electron chi connectivity index (χ3n) is 4.27. The van der Waals surface area contributed by atoms with E-state index in [1.54, 1.807) is 6.33 Å². The molecule has 1 atom stereocenters. The lowest BCUT2D eigenvalue weighted by atomic mass is 10.1. The molecule has 0 fully saturated rings. The van der Waals surface area contributed by atoms with Crippen molar-refractivity contribution >= 4 is 29.9 Å². The van der Waals surface area contributed by atoms with Crippen molar-refractivity contribution in [2.75, 3.05) is 13.1 Å². The Morgan fingerprint density at radius 2 is 1.76 bits per heavy atom. The predicted molar refractivity (Wildman–Crippen MR) is 126 cm³/mol. The molecule has 0 saturated heterocycles. The Labute approximate surface area is 188 Å². The van der Waals surface area contributed by atoms with E-state index in [9.17, 15) is 5.11 Å². The van der Waals surface area contributed by atoms with E-state index in [2.05, 4.69) is 25.8 Å². The largest absolute Gasteiger partial charge is 0.388 e. The normalized spacial score (nSPS) is 12.1. The Bertz CT molecular complexity index is 869. The fraction of sp³-hybridized carbons (Fsp3) is 0.286. The number of hydrogen-bond acceptors (Lipinski definition) is 4. The second kappa shape index (κ2) is 12.2. The van der Waals surface area contributed by atoms with E-state index >= 15 is 0 Å². The number of nitrogens with zero attached hydrogens (tertiary/aromatic N) is 4. The summed E-state index contributed by atoms with van der Waals surface area (Å²) in [5.41, 5.74) is 1.92. The van der Waals surface area contributed by atoms with Gasteiger partial charge in [-0.15, -0.1) is 34.2 Å². The minimum absolute atomic E-state index is 0. The van der Waals surface area contributed by atoms with Crippen molar-refractivity contribution in [3.05, 3.63) is 78.4 Å². The molecule has 0 radical (unpaired) electrons. The van der Waals surface area contributed by atoms with Crippen molar-refractivity contribution in [2.24, 2.45) is 4.99 Å². The van der Waals surface area contributed by atoms with Crippen molar-refractivity contribution in [1.29, 1.82) is 0 Å². The van der Waals surface area contributed by atoms with Gasteiger partial charge in [-0.1, -0.05) is 48.5 Å². The number of benzene rings is 2. The summed E-state index contributed by atoms with van der Waals surface area (Å²) in [6.07, 6.45) is 1.78. The molecule has 1 aromatic heterocycles. The van der Waals surface area contributed by atoms with Gasteiger partial charge in [-0.25, -0.2) is 4.99 Å². The molecule has 8 heteroatoms. The number of aliphatic hydroxyl groups is 1. The summed E-state index contributed by atoms with van der Waals surface area (Å²) in [7, 11) is 0. The molecule has 154 valence electrons. The Morgan fingerprint density at radius 1 is 1.07 bits per heavy atom. The van der Waals surface area contributed by atoms with E-state index in [1.807, 2.05) is 72.2 Å². The van der Waals surface area contributed by atoms with Crippen LogP contribution < -0.4 is 10.6 Å². The summed E-state index contributed by atoms with van der Waals surface area (Å²) in [6.45, 7) is 3.76. The molecule has 0 saturated carbocycles. The van der Waals surface area contributed by atoms with Crippen molar-refractivity contribution in [3.63, 3.8) is 0 Å². The maximum Gasteiger partial charge on any atom is 0.191 e. The number of aromatic nitrogens is 3. The zero-order valence-corrected chi connectivity index (χ0v) is 18.7. The molecule has 1 heterocycles. The van der Waals surface area contributed by atoms with Gasteiger partial charge in [-0.3, -0.25) is 4.57 Å². The van der Waals surface area contributed by atoms with E-state index in [-0.39, 0.29) is 24.0 Å². The molecule has 0 bridgehead atoms. The van der Waals surface area contributed by atoms with E-state index in [0.717, 1.165) is 23.6 Å². The molecule has 7 nitrogen and oxygen atoms in total. The minimum Gasteiger partial charge on any atom is -0.388 e. The summed E-state index contributed by atoms with van der Waals surface area (Å²) in [6, 6.07) is 19.6. The standard InChI is InChI=1S/C21H26N6O.HI/c1-2-22-21(23-14-13-19(28)17-9-5-3-6-10-17)24-15-20-26-25-16-27(20)18-11-7-4-8-12-18;/h3-12,16,19,28H,2,13-15H2,1H3,(H2,22,23,24);1H. The lowest BCUT2D eigenvalue weighted by Crippen LogP contribution is -2.38. The van der Waals surface area contributed by atoms with Gasteiger partial charge in [-0.2, -0.15) is 0 Å². The molecule has 3 rings (SSSR count). The quantitative estimate of drug-likeness (QED) is 0.249. The molecule has 3 N–H and O–H groups in total. The molecule has 1 unspecified atom stereocenters. The fourth-order valence-electron chi connectivity index (χ4n) is 2.83. The molecule has 0 aliphatic heterocycles. The van der Waals surface area contributed by atoms with Gasteiger partial charge in [-0.05, 0) is 31.0 Å². The number of guanidine groups is 1. The van der Waals surface area contributed by atoms with Crippen LogP contribution in [-0.2, 0) is 6.54 Å². The summed E-state index contributed by atoms with van der Waals surface area (Å²) in [5.74, 6) is 1.44. The highest BCUT2D eigenvalue weighted by atomic mass is 127. The third kappa shape index (κ3) is 6.82. The number of halogens is 1. The molecule has 2 aromatic carbocycles. The number of aliphatic imine (C=N–C) groups is 1. The van der Waals surface area contributed by atoms with Crippen molar-refractivity contribution in [2.45, 2.75) is 26.0 Å². The number of nitrogens with one attached hydrogen (secondary N) is 2. The van der Waals surface area contributed by atoms with Gasteiger partial charge in [0, 0.05) is 18.8 Å². The molecule has 0 aliphatic rings. The van der Waals surface area contributed by atoms with Gasteiger partial charge < -0.3 is 15.7 Å². The van der Waals surface area contributed by atoms with Gasteiger partial charge >= 0.3 is 0 Å². The van der Waals surface area contributed by atoms with E-state index in [4.69, 9.17) is 0 Å². The lowest BCUT2D eigenvalue weighted by Gasteiger charge is -2.14. The lowest BCUT2D eigenvalue weighted by molar-refractivity contribution is 0.168. The van der Waals surface area contributed by atoms with Crippen LogP contribution in [-0.4, -0.2) is 38.9 Å². The Balaban J connectivity index is 0.00000300. The Morgan fingerprint density at radius 3 is 2.45 bits per heavy atom.